The highest BCUT2D eigenvalue weighted by molar-refractivity contribution is 5.43. The smallest absolute Gasteiger partial charge is 0.161 e. The minimum Gasteiger partial charge on any atom is -0.493 e. The minimum atomic E-state index is -0.209. The molecule has 1 aliphatic heterocycles. The van der Waals surface area contributed by atoms with Gasteiger partial charge in [-0.3, -0.25) is 4.90 Å². The fourth-order valence-electron chi connectivity index (χ4n) is 4.05. The van der Waals surface area contributed by atoms with Crippen LogP contribution >= 0.6 is 0 Å². The normalized spacial score (nSPS) is 17.0. The van der Waals surface area contributed by atoms with Crippen molar-refractivity contribution in [1.82, 2.24) is 9.47 Å². The van der Waals surface area contributed by atoms with Crippen LogP contribution in [0.5, 0.6) is 11.5 Å². The van der Waals surface area contributed by atoms with E-state index >= 15 is 0 Å². The first-order valence-corrected chi connectivity index (χ1v) is 9.55. The van der Waals surface area contributed by atoms with Crippen LogP contribution in [-0.2, 0) is 13.1 Å². The lowest BCUT2D eigenvalue weighted by Gasteiger charge is -2.31. The van der Waals surface area contributed by atoms with Crippen LogP contribution in [0.25, 0.3) is 0 Å². The van der Waals surface area contributed by atoms with Gasteiger partial charge in [-0.1, -0.05) is 18.2 Å². The van der Waals surface area contributed by atoms with Crippen molar-refractivity contribution in [2.45, 2.75) is 25.6 Å². The second kappa shape index (κ2) is 8.07. The van der Waals surface area contributed by atoms with Crippen LogP contribution in [0, 0.1) is 5.82 Å². The van der Waals surface area contributed by atoms with Crippen molar-refractivity contribution in [2.24, 2.45) is 0 Å². The van der Waals surface area contributed by atoms with Crippen molar-refractivity contribution >= 4 is 0 Å². The van der Waals surface area contributed by atoms with Crippen molar-refractivity contribution in [3.63, 3.8) is 0 Å². The lowest BCUT2D eigenvalue weighted by atomic mass is 10.0. The predicted molar refractivity (Wildman–Crippen MR) is 107 cm³/mol. The Morgan fingerprint density at radius 1 is 0.964 bits per heavy atom. The van der Waals surface area contributed by atoms with Crippen LogP contribution in [0.3, 0.4) is 0 Å². The van der Waals surface area contributed by atoms with E-state index in [0.29, 0.717) is 0 Å². The molecular weight excluding hydrogens is 355 g/mol. The average Bonchev–Trinajstić information content (AvgIpc) is 3.10. The summed E-state index contributed by atoms with van der Waals surface area (Å²) in [5.74, 6) is 1.25. The SMILES string of the molecule is COc1ccc(CN2CCCn3cccc3C2c2ccc(F)cc2)cc1OC. The highest BCUT2D eigenvalue weighted by Crippen LogP contribution is 2.34. The molecule has 146 valence electrons. The predicted octanol–water partition coefficient (Wildman–Crippen LogP) is 4.64. The average molecular weight is 380 g/mol. The number of ether oxygens (including phenoxy) is 2. The Morgan fingerprint density at radius 2 is 1.75 bits per heavy atom. The molecule has 0 amide bonds. The zero-order chi connectivity index (χ0) is 19.5. The monoisotopic (exact) mass is 380 g/mol. The third kappa shape index (κ3) is 3.62. The number of rotatable bonds is 5. The van der Waals surface area contributed by atoms with Gasteiger partial charge in [-0.05, 0) is 53.9 Å². The summed E-state index contributed by atoms with van der Waals surface area (Å²) in [6.45, 7) is 2.72. The van der Waals surface area contributed by atoms with E-state index in [-0.39, 0.29) is 11.9 Å². The van der Waals surface area contributed by atoms with Crippen LogP contribution in [0.4, 0.5) is 4.39 Å². The van der Waals surface area contributed by atoms with Crippen LogP contribution in [0.2, 0.25) is 0 Å². The van der Waals surface area contributed by atoms with Crippen LogP contribution in [0.1, 0.15) is 29.3 Å². The van der Waals surface area contributed by atoms with Crippen molar-refractivity contribution in [3.8, 4) is 11.5 Å². The molecule has 0 saturated heterocycles. The molecule has 5 heteroatoms. The van der Waals surface area contributed by atoms with E-state index in [1.54, 1.807) is 26.4 Å². The molecule has 1 atom stereocenters. The number of aromatic nitrogens is 1. The molecule has 1 unspecified atom stereocenters. The number of methoxy groups -OCH3 is 2. The molecule has 0 bridgehead atoms. The Hall–Kier alpha value is -2.79. The molecule has 0 spiro atoms. The van der Waals surface area contributed by atoms with Crippen LogP contribution in [0.15, 0.2) is 60.8 Å². The van der Waals surface area contributed by atoms with E-state index in [1.165, 1.54) is 5.69 Å². The number of benzene rings is 2. The lowest BCUT2D eigenvalue weighted by Crippen LogP contribution is -2.29. The fourth-order valence-corrected chi connectivity index (χ4v) is 4.05. The number of hydrogen-bond donors (Lipinski definition) is 0. The summed E-state index contributed by atoms with van der Waals surface area (Å²) in [7, 11) is 3.30. The van der Waals surface area contributed by atoms with Gasteiger partial charge in [0, 0.05) is 31.5 Å². The maximum absolute atomic E-state index is 13.5. The van der Waals surface area contributed by atoms with Gasteiger partial charge in [0.15, 0.2) is 11.5 Å². The standard InChI is InChI=1S/C23H25FN2O2/c1-27-21-11-6-17(15-22(21)28-2)16-26-14-4-13-25-12-3-5-20(25)23(26)18-7-9-19(24)10-8-18/h3,5-12,15,23H,4,13-14,16H2,1-2H3. The van der Waals surface area contributed by atoms with Crippen LogP contribution in [-0.4, -0.2) is 30.2 Å². The second-order valence-electron chi connectivity index (χ2n) is 7.09. The molecule has 2 aromatic carbocycles. The summed E-state index contributed by atoms with van der Waals surface area (Å²) < 4.78 is 26.7. The second-order valence-corrected chi connectivity index (χ2v) is 7.09. The molecule has 0 fully saturated rings. The van der Waals surface area contributed by atoms with E-state index in [4.69, 9.17) is 9.47 Å². The maximum atomic E-state index is 13.5. The Labute approximate surface area is 165 Å². The highest BCUT2D eigenvalue weighted by atomic mass is 19.1. The Kier molecular flexibility index (Phi) is 5.35. The molecule has 0 radical (unpaired) electrons. The third-order valence-electron chi connectivity index (χ3n) is 5.37. The quantitative estimate of drug-likeness (QED) is 0.645. The van der Waals surface area contributed by atoms with Gasteiger partial charge in [0.05, 0.1) is 20.3 Å². The fraction of sp³-hybridized carbons (Fsp3) is 0.304. The summed E-state index contributed by atoms with van der Waals surface area (Å²) in [5.41, 5.74) is 3.50. The first kappa shape index (κ1) is 18.6. The van der Waals surface area contributed by atoms with E-state index in [2.05, 4.69) is 33.9 Å². The number of hydrogen-bond acceptors (Lipinski definition) is 3. The van der Waals surface area contributed by atoms with E-state index in [9.17, 15) is 4.39 Å². The number of nitrogens with zero attached hydrogens (tertiary/aromatic N) is 2. The molecule has 4 rings (SSSR count). The molecule has 0 saturated carbocycles. The summed E-state index contributed by atoms with van der Waals surface area (Å²) in [4.78, 5) is 2.45. The summed E-state index contributed by atoms with van der Waals surface area (Å²) >= 11 is 0. The molecule has 1 aromatic heterocycles. The topological polar surface area (TPSA) is 26.6 Å². The Morgan fingerprint density at radius 3 is 2.50 bits per heavy atom. The molecule has 2 heterocycles. The van der Waals surface area contributed by atoms with Gasteiger partial charge in [-0.2, -0.15) is 0 Å². The van der Waals surface area contributed by atoms with Crippen molar-refractivity contribution in [3.05, 3.63) is 83.4 Å². The van der Waals surface area contributed by atoms with E-state index < -0.39 is 0 Å². The zero-order valence-corrected chi connectivity index (χ0v) is 16.3. The zero-order valence-electron chi connectivity index (χ0n) is 16.3. The molecule has 4 nitrogen and oxygen atoms in total. The lowest BCUT2D eigenvalue weighted by molar-refractivity contribution is 0.220. The van der Waals surface area contributed by atoms with Gasteiger partial charge in [-0.15, -0.1) is 0 Å². The van der Waals surface area contributed by atoms with Gasteiger partial charge < -0.3 is 14.0 Å². The molecule has 3 aromatic rings. The first-order valence-electron chi connectivity index (χ1n) is 9.55. The number of halogens is 1. The van der Waals surface area contributed by atoms with Crippen LogP contribution < -0.4 is 9.47 Å². The summed E-state index contributed by atoms with van der Waals surface area (Å²) in [6, 6.07) is 17.3. The van der Waals surface area contributed by atoms with E-state index in [0.717, 1.165) is 48.7 Å². The molecule has 0 aliphatic carbocycles. The van der Waals surface area contributed by atoms with Crippen molar-refractivity contribution in [2.75, 3.05) is 20.8 Å². The third-order valence-corrected chi connectivity index (χ3v) is 5.37. The Bertz CT molecular complexity index is 936. The van der Waals surface area contributed by atoms with Gasteiger partial charge >= 0.3 is 0 Å². The molecular formula is C23H25FN2O2. The van der Waals surface area contributed by atoms with Gasteiger partial charge in [0.1, 0.15) is 5.82 Å². The molecule has 1 aliphatic rings. The van der Waals surface area contributed by atoms with Crippen molar-refractivity contribution in [1.29, 1.82) is 0 Å². The number of fused-ring (bicyclic) bond motifs is 1. The van der Waals surface area contributed by atoms with E-state index in [1.807, 2.05) is 24.3 Å². The summed E-state index contributed by atoms with van der Waals surface area (Å²) in [5, 5.41) is 0. The molecule has 28 heavy (non-hydrogen) atoms. The summed E-state index contributed by atoms with van der Waals surface area (Å²) in [6.07, 6.45) is 3.19. The molecule has 0 N–H and O–H groups in total. The maximum Gasteiger partial charge on any atom is 0.161 e. The van der Waals surface area contributed by atoms with Gasteiger partial charge in [0.2, 0.25) is 0 Å². The van der Waals surface area contributed by atoms with Gasteiger partial charge in [-0.25, -0.2) is 4.39 Å². The van der Waals surface area contributed by atoms with Gasteiger partial charge in [0.25, 0.3) is 0 Å². The number of aryl methyl sites for hydroxylation is 1. The largest absolute Gasteiger partial charge is 0.493 e. The first-order chi connectivity index (χ1) is 13.7. The highest BCUT2D eigenvalue weighted by Gasteiger charge is 2.27. The Balaban J connectivity index is 1.70. The van der Waals surface area contributed by atoms with Crippen molar-refractivity contribution < 1.29 is 13.9 Å². The minimum absolute atomic E-state index is 0.0752.